The molecule has 0 radical (unpaired) electrons. The molecular formula is C16H20N3O3S+. The maximum Gasteiger partial charge on any atom is 0.265 e. The zero-order chi connectivity index (χ0) is 16.7. The maximum absolute atomic E-state index is 10.7. The molecule has 2 aromatic rings. The highest BCUT2D eigenvalue weighted by Crippen LogP contribution is 2.06. The molecule has 1 aromatic carbocycles. The quantitative estimate of drug-likeness (QED) is 0.351. The van der Waals surface area contributed by atoms with Gasteiger partial charge in [-0.25, -0.2) is 4.57 Å². The average molecular weight is 334 g/mol. The topological polar surface area (TPSA) is 82.6 Å². The summed E-state index contributed by atoms with van der Waals surface area (Å²) in [6, 6.07) is 13.5. The van der Waals surface area contributed by atoms with Gasteiger partial charge < -0.3 is 0 Å². The standard InChI is InChI=1S/C16H19N3O3S/c1-14(17-18-16-8-3-2-4-9-16)15-7-5-10-19(13-15)11-6-12-23(20,21)22/h2-5,7-10,13,18H,6,11-12H2,1H3/p+1/b17-14-. The largest absolute Gasteiger partial charge is 0.286 e. The second-order valence-electron chi connectivity index (χ2n) is 5.15. The molecule has 2 rings (SSSR count). The fraction of sp³-hybridized carbons (Fsp3) is 0.250. The van der Waals surface area contributed by atoms with Crippen LogP contribution in [-0.4, -0.2) is 24.4 Å². The lowest BCUT2D eigenvalue weighted by molar-refractivity contribution is -0.696. The van der Waals surface area contributed by atoms with Gasteiger partial charge in [0, 0.05) is 12.5 Å². The van der Waals surface area contributed by atoms with Crippen molar-refractivity contribution in [3.8, 4) is 0 Å². The molecule has 6 nitrogen and oxygen atoms in total. The van der Waals surface area contributed by atoms with Crippen LogP contribution in [0.15, 0.2) is 60.0 Å². The van der Waals surface area contributed by atoms with E-state index < -0.39 is 10.1 Å². The number of hydrazone groups is 1. The fourth-order valence-corrected chi connectivity index (χ4v) is 2.52. The second-order valence-corrected chi connectivity index (χ2v) is 6.72. The Labute approximate surface area is 136 Å². The minimum absolute atomic E-state index is 0.243. The van der Waals surface area contributed by atoms with Crippen LogP contribution in [0, 0.1) is 0 Å². The number of benzene rings is 1. The molecule has 2 N–H and O–H groups in total. The highest BCUT2D eigenvalue weighted by molar-refractivity contribution is 7.85. The minimum Gasteiger partial charge on any atom is -0.286 e. The van der Waals surface area contributed by atoms with Crippen LogP contribution >= 0.6 is 0 Å². The van der Waals surface area contributed by atoms with E-state index in [2.05, 4.69) is 10.5 Å². The summed E-state index contributed by atoms with van der Waals surface area (Å²) in [5.74, 6) is -0.243. The van der Waals surface area contributed by atoms with Gasteiger partial charge in [-0.15, -0.1) is 0 Å². The van der Waals surface area contributed by atoms with Crippen molar-refractivity contribution < 1.29 is 17.5 Å². The van der Waals surface area contributed by atoms with E-state index in [1.54, 1.807) is 0 Å². The highest BCUT2D eigenvalue weighted by atomic mass is 32.2. The number of pyridine rings is 1. The van der Waals surface area contributed by atoms with E-state index in [-0.39, 0.29) is 5.75 Å². The Bertz CT molecular complexity index is 774. The van der Waals surface area contributed by atoms with Gasteiger partial charge in [0.05, 0.1) is 22.7 Å². The third-order valence-electron chi connectivity index (χ3n) is 3.22. The number of aromatic nitrogens is 1. The Morgan fingerprint density at radius 1 is 1.22 bits per heavy atom. The Morgan fingerprint density at radius 3 is 2.65 bits per heavy atom. The third-order valence-corrected chi connectivity index (χ3v) is 4.03. The SMILES string of the molecule is C/C(=N/Nc1ccccc1)c1ccc[n+](CCCS(=O)(=O)O)c1. The lowest BCUT2D eigenvalue weighted by Gasteiger charge is -2.03. The Balaban J connectivity index is 2.00. The molecule has 0 atom stereocenters. The van der Waals surface area contributed by atoms with Crippen molar-refractivity contribution in [3.05, 3.63) is 60.4 Å². The molecule has 1 heterocycles. The number of nitrogens with zero attached hydrogens (tertiary/aromatic N) is 2. The van der Waals surface area contributed by atoms with Crippen molar-refractivity contribution in [2.24, 2.45) is 5.10 Å². The van der Waals surface area contributed by atoms with Gasteiger partial charge in [0.1, 0.15) is 6.54 Å². The van der Waals surface area contributed by atoms with E-state index >= 15 is 0 Å². The molecule has 0 bridgehead atoms. The molecule has 23 heavy (non-hydrogen) atoms. The lowest BCUT2D eigenvalue weighted by atomic mass is 10.2. The van der Waals surface area contributed by atoms with Crippen LogP contribution < -0.4 is 9.99 Å². The summed E-state index contributed by atoms with van der Waals surface area (Å²) in [7, 11) is -3.91. The molecule has 122 valence electrons. The molecule has 0 saturated heterocycles. The van der Waals surface area contributed by atoms with Crippen molar-refractivity contribution in [3.63, 3.8) is 0 Å². The van der Waals surface area contributed by atoms with E-state index in [9.17, 15) is 8.42 Å². The molecule has 0 amide bonds. The van der Waals surface area contributed by atoms with Gasteiger partial charge in [0.25, 0.3) is 10.1 Å². The first-order valence-corrected chi connectivity index (χ1v) is 8.85. The number of hydrogen-bond acceptors (Lipinski definition) is 4. The molecule has 0 saturated carbocycles. The number of para-hydroxylation sites is 1. The van der Waals surface area contributed by atoms with Crippen LogP contribution in [0.4, 0.5) is 5.69 Å². The van der Waals surface area contributed by atoms with Crippen LogP contribution in [0.25, 0.3) is 0 Å². The van der Waals surface area contributed by atoms with Crippen LogP contribution in [0.1, 0.15) is 18.9 Å². The molecule has 0 aliphatic carbocycles. The van der Waals surface area contributed by atoms with Crippen molar-refractivity contribution in [1.29, 1.82) is 0 Å². The lowest BCUT2D eigenvalue weighted by Crippen LogP contribution is -2.34. The second kappa shape index (κ2) is 7.85. The van der Waals surface area contributed by atoms with E-state index in [1.165, 1.54) is 0 Å². The smallest absolute Gasteiger partial charge is 0.265 e. The van der Waals surface area contributed by atoms with Gasteiger partial charge in [-0.1, -0.05) is 18.2 Å². The summed E-state index contributed by atoms with van der Waals surface area (Å²) in [5.41, 5.74) is 5.65. The predicted molar refractivity (Wildman–Crippen MR) is 89.9 cm³/mol. The average Bonchev–Trinajstić information content (AvgIpc) is 2.53. The van der Waals surface area contributed by atoms with Gasteiger partial charge in [0.15, 0.2) is 12.4 Å². The van der Waals surface area contributed by atoms with Crippen molar-refractivity contribution in [1.82, 2.24) is 0 Å². The number of rotatable bonds is 7. The van der Waals surface area contributed by atoms with Crippen LogP contribution in [0.5, 0.6) is 0 Å². The highest BCUT2D eigenvalue weighted by Gasteiger charge is 2.09. The van der Waals surface area contributed by atoms with E-state index in [1.807, 2.05) is 66.3 Å². The molecule has 0 fully saturated rings. The van der Waals surface area contributed by atoms with Crippen LogP contribution in [0.3, 0.4) is 0 Å². The summed E-state index contributed by atoms with van der Waals surface area (Å²) >= 11 is 0. The summed E-state index contributed by atoms with van der Waals surface area (Å²) < 4.78 is 32.1. The molecule has 0 spiro atoms. The fourth-order valence-electron chi connectivity index (χ4n) is 2.03. The molecule has 7 heteroatoms. The Kier molecular flexibility index (Phi) is 5.84. The zero-order valence-corrected chi connectivity index (χ0v) is 13.7. The number of hydrogen-bond donors (Lipinski definition) is 2. The Hall–Kier alpha value is -2.25. The van der Waals surface area contributed by atoms with Crippen LogP contribution in [0.2, 0.25) is 0 Å². The summed E-state index contributed by atoms with van der Waals surface area (Å²) in [4.78, 5) is 0. The minimum atomic E-state index is -3.91. The number of anilines is 1. The van der Waals surface area contributed by atoms with E-state index in [4.69, 9.17) is 4.55 Å². The predicted octanol–water partition coefficient (Wildman–Crippen LogP) is 2.09. The first kappa shape index (κ1) is 17.1. The maximum atomic E-state index is 10.7. The normalized spacial score (nSPS) is 12.2. The van der Waals surface area contributed by atoms with Crippen molar-refractivity contribution in [2.45, 2.75) is 19.9 Å². The first-order chi connectivity index (χ1) is 10.9. The monoisotopic (exact) mass is 334 g/mol. The zero-order valence-electron chi connectivity index (χ0n) is 12.9. The first-order valence-electron chi connectivity index (χ1n) is 7.24. The molecular weight excluding hydrogens is 314 g/mol. The molecule has 0 unspecified atom stereocenters. The molecule has 0 aliphatic heterocycles. The summed E-state index contributed by atoms with van der Waals surface area (Å²) in [5, 5.41) is 4.34. The Morgan fingerprint density at radius 2 is 1.96 bits per heavy atom. The van der Waals surface area contributed by atoms with Gasteiger partial charge in [-0.3, -0.25) is 9.98 Å². The van der Waals surface area contributed by atoms with Gasteiger partial charge in [-0.2, -0.15) is 13.5 Å². The van der Waals surface area contributed by atoms with E-state index in [0.717, 1.165) is 17.0 Å². The number of aryl methyl sites for hydroxylation is 1. The molecule has 0 aliphatic rings. The van der Waals surface area contributed by atoms with Crippen molar-refractivity contribution >= 4 is 21.5 Å². The van der Waals surface area contributed by atoms with Crippen LogP contribution in [-0.2, 0) is 16.7 Å². The summed E-state index contributed by atoms with van der Waals surface area (Å²) in [6.45, 7) is 2.40. The number of nitrogens with one attached hydrogen (secondary N) is 1. The van der Waals surface area contributed by atoms with E-state index in [0.29, 0.717) is 13.0 Å². The van der Waals surface area contributed by atoms with Gasteiger partial charge >= 0.3 is 0 Å². The summed E-state index contributed by atoms with van der Waals surface area (Å²) in [6.07, 6.45) is 4.10. The molecule has 1 aromatic heterocycles. The van der Waals surface area contributed by atoms with Gasteiger partial charge in [-0.05, 0) is 25.1 Å². The van der Waals surface area contributed by atoms with Crippen molar-refractivity contribution in [2.75, 3.05) is 11.2 Å². The van der Waals surface area contributed by atoms with Gasteiger partial charge in [0.2, 0.25) is 0 Å². The third kappa shape index (κ3) is 6.17.